The van der Waals surface area contributed by atoms with Crippen molar-refractivity contribution in [1.82, 2.24) is 0 Å². The van der Waals surface area contributed by atoms with Crippen molar-refractivity contribution in [3.63, 3.8) is 0 Å². The molecule has 0 saturated heterocycles. The molecule has 0 fully saturated rings. The maximum atomic E-state index is 13.6. The third-order valence-corrected chi connectivity index (χ3v) is 5.74. The summed E-state index contributed by atoms with van der Waals surface area (Å²) in [5.41, 5.74) is 1.59. The number of fused-ring (bicyclic) bond motifs is 6. The minimum absolute atomic E-state index is 0.120. The third-order valence-electron chi connectivity index (χ3n) is 4.90. The molecule has 144 valence electrons. The average molecular weight is 396 g/mol. The van der Waals surface area contributed by atoms with Crippen LogP contribution in [0.1, 0.15) is 11.5 Å². The second-order valence-corrected chi connectivity index (χ2v) is 12.4. The molecule has 2 aliphatic heterocycles. The molecule has 28 heavy (non-hydrogen) atoms. The van der Waals surface area contributed by atoms with E-state index in [9.17, 15) is 4.79 Å². The summed E-state index contributed by atoms with van der Waals surface area (Å²) in [4.78, 5) is 13.6. The first-order valence-corrected chi connectivity index (χ1v) is 12.6. The van der Waals surface area contributed by atoms with Crippen LogP contribution in [0.4, 0.5) is 0 Å². The lowest BCUT2D eigenvalue weighted by Gasteiger charge is -2.20. The fourth-order valence-electron chi connectivity index (χ4n) is 3.83. The number of hydrogen-bond acceptors (Lipinski definition) is 6. The molecule has 0 bridgehead atoms. The van der Waals surface area contributed by atoms with E-state index in [1.165, 1.54) is 7.11 Å². The summed E-state index contributed by atoms with van der Waals surface area (Å²) in [5.74, 6) is 1.45. The van der Waals surface area contributed by atoms with Crippen LogP contribution in [0.25, 0.3) is 21.9 Å². The highest BCUT2D eigenvalue weighted by molar-refractivity contribution is 6.70. The normalized spacial score (nSPS) is 20.0. The molecule has 2 aliphatic rings. The molecule has 1 aromatic heterocycles. The van der Waals surface area contributed by atoms with Crippen LogP contribution in [-0.4, -0.2) is 21.7 Å². The number of benzene rings is 2. The van der Waals surface area contributed by atoms with Gasteiger partial charge in [0.1, 0.15) is 39.2 Å². The van der Waals surface area contributed by atoms with Crippen molar-refractivity contribution in [2.24, 2.45) is 0 Å². The summed E-state index contributed by atoms with van der Waals surface area (Å²) in [6.45, 7) is 6.23. The molecule has 3 aromatic rings. The highest BCUT2D eigenvalue weighted by atomic mass is 28.4. The van der Waals surface area contributed by atoms with Gasteiger partial charge in [-0.3, -0.25) is 4.79 Å². The molecule has 0 spiro atoms. The Kier molecular flexibility index (Phi) is 3.55. The van der Waals surface area contributed by atoms with Crippen molar-refractivity contribution in [3.8, 4) is 17.2 Å². The van der Waals surface area contributed by atoms with Gasteiger partial charge in [0.05, 0.1) is 24.9 Å². The quantitative estimate of drug-likeness (QED) is 0.479. The van der Waals surface area contributed by atoms with Crippen LogP contribution in [0, 0.1) is 0 Å². The topological polar surface area (TPSA) is 67.1 Å². The minimum atomic E-state index is -1.92. The summed E-state index contributed by atoms with van der Waals surface area (Å²) >= 11 is 0. The van der Waals surface area contributed by atoms with Gasteiger partial charge in [0.15, 0.2) is 0 Å². The number of ether oxygens (including phenoxy) is 3. The SMILES string of the molecule is COc1cc2c(c3oc4cccc(O[Si](C)(C)C)c4c(=O)c13)C1C=COC1O2. The smallest absolute Gasteiger partial charge is 0.250 e. The minimum Gasteiger partial charge on any atom is -0.544 e. The Morgan fingerprint density at radius 3 is 2.68 bits per heavy atom. The zero-order valence-corrected chi connectivity index (χ0v) is 17.1. The van der Waals surface area contributed by atoms with E-state index in [1.54, 1.807) is 18.4 Å². The molecule has 0 amide bonds. The van der Waals surface area contributed by atoms with Gasteiger partial charge in [-0.25, -0.2) is 0 Å². The van der Waals surface area contributed by atoms with Gasteiger partial charge in [0.2, 0.25) is 13.7 Å². The van der Waals surface area contributed by atoms with E-state index >= 15 is 0 Å². The van der Waals surface area contributed by atoms with E-state index in [1.807, 2.05) is 18.2 Å². The number of rotatable bonds is 3. The molecule has 7 heteroatoms. The predicted molar refractivity (Wildman–Crippen MR) is 108 cm³/mol. The number of hydrogen-bond donors (Lipinski definition) is 0. The molecular formula is C21H20O6Si. The Hall–Kier alpha value is -2.93. The van der Waals surface area contributed by atoms with E-state index in [4.69, 9.17) is 23.1 Å². The highest BCUT2D eigenvalue weighted by Crippen LogP contribution is 2.49. The summed E-state index contributed by atoms with van der Waals surface area (Å²) in [6.07, 6.45) is 3.10. The maximum absolute atomic E-state index is 13.6. The van der Waals surface area contributed by atoms with Crippen molar-refractivity contribution in [2.45, 2.75) is 31.8 Å². The molecule has 0 radical (unpaired) electrons. The second-order valence-electron chi connectivity index (χ2n) is 7.95. The van der Waals surface area contributed by atoms with Crippen LogP contribution in [0.15, 0.2) is 45.8 Å². The van der Waals surface area contributed by atoms with Gasteiger partial charge in [-0.15, -0.1) is 0 Å². The molecule has 5 rings (SSSR count). The average Bonchev–Trinajstić information content (AvgIpc) is 3.20. The summed E-state index contributed by atoms with van der Waals surface area (Å²) in [7, 11) is -0.390. The third kappa shape index (κ3) is 2.42. The first-order valence-electron chi connectivity index (χ1n) is 9.15. The largest absolute Gasteiger partial charge is 0.544 e. The van der Waals surface area contributed by atoms with Crippen molar-refractivity contribution in [3.05, 3.63) is 52.4 Å². The summed E-state index contributed by atoms with van der Waals surface area (Å²) < 4.78 is 29.3. The van der Waals surface area contributed by atoms with Gasteiger partial charge in [0.25, 0.3) is 6.29 Å². The predicted octanol–water partition coefficient (Wildman–Crippen LogP) is 4.51. The molecule has 0 N–H and O–H groups in total. The van der Waals surface area contributed by atoms with Crippen molar-refractivity contribution >= 4 is 30.3 Å². The van der Waals surface area contributed by atoms with Gasteiger partial charge >= 0.3 is 0 Å². The van der Waals surface area contributed by atoms with Gasteiger partial charge in [-0.1, -0.05) is 6.07 Å². The zero-order chi connectivity index (χ0) is 19.6. The summed E-state index contributed by atoms with van der Waals surface area (Å²) in [5, 5.41) is 0.828. The molecule has 3 heterocycles. The van der Waals surface area contributed by atoms with Crippen LogP contribution < -0.4 is 19.3 Å². The van der Waals surface area contributed by atoms with Gasteiger partial charge in [0, 0.05) is 6.07 Å². The van der Waals surface area contributed by atoms with Crippen LogP contribution >= 0.6 is 0 Å². The van der Waals surface area contributed by atoms with E-state index in [-0.39, 0.29) is 11.3 Å². The highest BCUT2D eigenvalue weighted by Gasteiger charge is 2.41. The maximum Gasteiger partial charge on any atom is 0.250 e. The van der Waals surface area contributed by atoms with Crippen molar-refractivity contribution in [1.29, 1.82) is 0 Å². The fraction of sp³-hybridized carbons (Fsp3) is 0.286. The lowest BCUT2D eigenvalue weighted by Crippen LogP contribution is -2.29. The molecular weight excluding hydrogens is 376 g/mol. The van der Waals surface area contributed by atoms with Crippen LogP contribution in [0.2, 0.25) is 19.6 Å². The first-order chi connectivity index (χ1) is 13.4. The van der Waals surface area contributed by atoms with Crippen LogP contribution in [-0.2, 0) is 4.74 Å². The molecule has 0 aliphatic carbocycles. The van der Waals surface area contributed by atoms with Crippen molar-refractivity contribution in [2.75, 3.05) is 7.11 Å². The Balaban J connectivity index is 1.88. The molecule has 6 nitrogen and oxygen atoms in total. The van der Waals surface area contributed by atoms with E-state index in [2.05, 4.69) is 19.6 Å². The zero-order valence-electron chi connectivity index (χ0n) is 16.1. The van der Waals surface area contributed by atoms with E-state index in [0.717, 1.165) is 5.56 Å². The van der Waals surface area contributed by atoms with Crippen molar-refractivity contribution < 1.29 is 23.1 Å². The Morgan fingerprint density at radius 1 is 1.11 bits per heavy atom. The van der Waals surface area contributed by atoms with E-state index in [0.29, 0.717) is 39.2 Å². The molecule has 2 aromatic carbocycles. The lowest BCUT2D eigenvalue weighted by atomic mass is 9.97. The monoisotopic (exact) mass is 396 g/mol. The standard InChI is InChI=1S/C21H20O6Si/c1-23-14-10-15-16(11-8-9-24-21(11)26-15)20-18(14)19(22)17-12(25-20)6-5-7-13(17)27-28(2,3)4/h5-11,21H,1-4H3. The summed E-state index contributed by atoms with van der Waals surface area (Å²) in [6, 6.07) is 7.17. The molecule has 2 unspecified atom stereocenters. The Labute approximate surface area is 162 Å². The first kappa shape index (κ1) is 17.2. The van der Waals surface area contributed by atoms with Gasteiger partial charge in [-0.2, -0.15) is 0 Å². The molecule has 0 saturated carbocycles. The van der Waals surface area contributed by atoms with Gasteiger partial charge < -0.3 is 23.1 Å². The molecule has 2 atom stereocenters. The van der Waals surface area contributed by atoms with Gasteiger partial charge in [-0.05, 0) is 37.8 Å². The Bertz CT molecular complexity index is 1200. The second kappa shape index (κ2) is 5.78. The number of methoxy groups -OCH3 is 1. The van der Waals surface area contributed by atoms with Crippen LogP contribution in [0.3, 0.4) is 0 Å². The Morgan fingerprint density at radius 2 is 1.93 bits per heavy atom. The van der Waals surface area contributed by atoms with Crippen LogP contribution in [0.5, 0.6) is 17.2 Å². The fourth-order valence-corrected chi connectivity index (χ4v) is 4.66. The van der Waals surface area contributed by atoms with E-state index < -0.39 is 14.6 Å². The lowest BCUT2D eigenvalue weighted by molar-refractivity contribution is -0.00484.